The van der Waals surface area contributed by atoms with Crippen LogP contribution in [0.2, 0.25) is 0 Å². The van der Waals surface area contributed by atoms with Gasteiger partial charge in [-0.25, -0.2) is 9.67 Å². The van der Waals surface area contributed by atoms with Gasteiger partial charge in [0.25, 0.3) is 0 Å². The van der Waals surface area contributed by atoms with Gasteiger partial charge in [0.2, 0.25) is 0 Å². The highest BCUT2D eigenvalue weighted by Gasteiger charge is 2.22. The number of fused-ring (bicyclic) bond motifs is 1. The molecule has 2 heterocycles. The van der Waals surface area contributed by atoms with Crippen molar-refractivity contribution >= 4 is 10.9 Å². The van der Waals surface area contributed by atoms with Crippen LogP contribution in [0.3, 0.4) is 0 Å². The largest absolute Gasteiger partial charge is 0.389 e. The Morgan fingerprint density at radius 1 is 0.818 bits per heavy atom. The molecular formula is C28H28N4O. The lowest BCUT2D eigenvalue weighted by molar-refractivity contribution is 0.131. The van der Waals surface area contributed by atoms with Crippen LogP contribution in [0.5, 0.6) is 0 Å². The Hall–Kier alpha value is -3.70. The predicted molar refractivity (Wildman–Crippen MR) is 133 cm³/mol. The summed E-state index contributed by atoms with van der Waals surface area (Å²) in [5.41, 5.74) is 6.94. The minimum atomic E-state index is -0.618. The maximum Gasteiger partial charge on any atom is 0.147 e. The van der Waals surface area contributed by atoms with E-state index >= 15 is 0 Å². The van der Waals surface area contributed by atoms with Gasteiger partial charge in [-0.15, -0.1) is 0 Å². The summed E-state index contributed by atoms with van der Waals surface area (Å²) in [4.78, 5) is 4.37. The second-order valence-electron chi connectivity index (χ2n) is 8.63. The lowest BCUT2D eigenvalue weighted by Crippen LogP contribution is -2.24. The fraction of sp³-hybridized carbons (Fsp3) is 0.214. The smallest absolute Gasteiger partial charge is 0.147 e. The van der Waals surface area contributed by atoms with Crippen LogP contribution >= 0.6 is 0 Å². The van der Waals surface area contributed by atoms with E-state index in [1.165, 1.54) is 22.1 Å². The molecule has 33 heavy (non-hydrogen) atoms. The summed E-state index contributed by atoms with van der Waals surface area (Å²) in [6.45, 7) is 6.77. The summed E-state index contributed by atoms with van der Waals surface area (Å²) in [5, 5.41) is 16.8. The van der Waals surface area contributed by atoms with E-state index < -0.39 is 6.10 Å². The van der Waals surface area contributed by atoms with Gasteiger partial charge < -0.3 is 9.67 Å². The van der Waals surface area contributed by atoms with Crippen LogP contribution in [0.15, 0.2) is 78.9 Å². The summed E-state index contributed by atoms with van der Waals surface area (Å²) in [6, 6.07) is 27.5. The van der Waals surface area contributed by atoms with Crippen molar-refractivity contribution in [2.75, 3.05) is 0 Å². The highest BCUT2D eigenvalue weighted by atomic mass is 16.3. The van der Waals surface area contributed by atoms with Crippen molar-refractivity contribution in [1.29, 1.82) is 0 Å². The summed E-state index contributed by atoms with van der Waals surface area (Å²) in [6.07, 6.45) is -0.618. The van der Waals surface area contributed by atoms with Crippen molar-refractivity contribution < 1.29 is 5.11 Å². The van der Waals surface area contributed by atoms with Crippen molar-refractivity contribution in [2.45, 2.75) is 40.0 Å². The third kappa shape index (κ3) is 4.08. The molecule has 1 N–H and O–H groups in total. The summed E-state index contributed by atoms with van der Waals surface area (Å²) in [7, 11) is 0. The average Bonchev–Trinajstić information content (AvgIpc) is 3.30. The average molecular weight is 437 g/mol. The van der Waals surface area contributed by atoms with Crippen molar-refractivity contribution in [3.63, 3.8) is 0 Å². The molecule has 5 aromatic rings. The van der Waals surface area contributed by atoms with E-state index in [9.17, 15) is 5.11 Å². The first-order valence-electron chi connectivity index (χ1n) is 11.3. The number of benzene rings is 3. The highest BCUT2D eigenvalue weighted by Crippen LogP contribution is 2.41. The molecule has 0 bridgehead atoms. The monoisotopic (exact) mass is 436 g/mol. The number of rotatable bonds is 6. The highest BCUT2D eigenvalue weighted by molar-refractivity contribution is 6.04. The fourth-order valence-corrected chi connectivity index (χ4v) is 4.65. The number of aryl methyl sites for hydroxylation is 3. The molecule has 0 amide bonds. The molecule has 0 spiro atoms. The zero-order valence-electron chi connectivity index (χ0n) is 19.2. The molecule has 0 radical (unpaired) electrons. The van der Waals surface area contributed by atoms with Crippen molar-refractivity contribution in [3.8, 4) is 22.4 Å². The van der Waals surface area contributed by atoms with E-state index in [2.05, 4.69) is 88.3 Å². The molecule has 3 aromatic carbocycles. The Bertz CT molecular complexity index is 1400. The van der Waals surface area contributed by atoms with Gasteiger partial charge in [0.1, 0.15) is 11.6 Å². The van der Waals surface area contributed by atoms with Gasteiger partial charge >= 0.3 is 0 Å². The lowest BCUT2D eigenvalue weighted by atomic mass is 9.98. The normalized spacial score (nSPS) is 12.4. The van der Waals surface area contributed by atoms with E-state index in [1.54, 1.807) is 4.68 Å². The Morgan fingerprint density at radius 2 is 1.48 bits per heavy atom. The standard InChI is InChI=1S/C28H28N4O/c1-19-14-15-26-25(16-19)27(22-10-6-4-7-11-22)28(23-12-8-5-9-13-23)31(26)17-24(33)18-32-21(3)29-20(2)30-32/h4-16,24,33H,17-18H2,1-3H3. The molecule has 0 aliphatic carbocycles. The Morgan fingerprint density at radius 3 is 2.12 bits per heavy atom. The third-order valence-electron chi connectivity index (χ3n) is 6.07. The van der Waals surface area contributed by atoms with Gasteiger partial charge in [-0.05, 0) is 44.0 Å². The Balaban J connectivity index is 1.70. The second kappa shape index (κ2) is 8.68. The molecule has 0 saturated carbocycles. The number of hydrogen-bond donors (Lipinski definition) is 1. The number of hydrogen-bond acceptors (Lipinski definition) is 3. The SMILES string of the molecule is Cc1ccc2c(c1)c(-c1ccccc1)c(-c1ccccc1)n2CC(O)Cn1nc(C)nc1C. The van der Waals surface area contributed by atoms with Crippen LogP contribution in [0.1, 0.15) is 17.2 Å². The molecule has 2 aromatic heterocycles. The Kier molecular flexibility index (Phi) is 5.56. The molecule has 0 fully saturated rings. The molecule has 0 saturated heterocycles. The van der Waals surface area contributed by atoms with Crippen LogP contribution in [-0.2, 0) is 13.1 Å². The first kappa shape index (κ1) is 21.2. The van der Waals surface area contributed by atoms with Crippen molar-refractivity contribution in [1.82, 2.24) is 19.3 Å². The van der Waals surface area contributed by atoms with Crippen molar-refractivity contribution in [2.24, 2.45) is 0 Å². The van der Waals surface area contributed by atoms with E-state index in [4.69, 9.17) is 0 Å². The minimum Gasteiger partial charge on any atom is -0.389 e. The molecule has 5 heteroatoms. The molecule has 5 nitrogen and oxygen atoms in total. The van der Waals surface area contributed by atoms with Gasteiger partial charge in [-0.1, -0.05) is 72.3 Å². The number of aromatic nitrogens is 4. The number of aliphatic hydroxyl groups excluding tert-OH is 1. The predicted octanol–water partition coefficient (Wildman–Crippen LogP) is 5.55. The van der Waals surface area contributed by atoms with Gasteiger partial charge in [-0.2, -0.15) is 5.10 Å². The molecule has 166 valence electrons. The minimum absolute atomic E-state index is 0.396. The van der Waals surface area contributed by atoms with E-state index in [0.29, 0.717) is 13.1 Å². The Labute approximate surface area is 194 Å². The van der Waals surface area contributed by atoms with E-state index in [-0.39, 0.29) is 0 Å². The first-order valence-corrected chi connectivity index (χ1v) is 11.3. The van der Waals surface area contributed by atoms with Crippen LogP contribution in [0.25, 0.3) is 33.3 Å². The molecule has 1 unspecified atom stereocenters. The van der Waals surface area contributed by atoms with Gasteiger partial charge in [0, 0.05) is 16.5 Å². The maximum absolute atomic E-state index is 11.1. The zero-order chi connectivity index (χ0) is 22.9. The third-order valence-corrected chi connectivity index (χ3v) is 6.07. The van der Waals surface area contributed by atoms with E-state index in [0.717, 1.165) is 28.4 Å². The van der Waals surface area contributed by atoms with E-state index in [1.807, 2.05) is 26.0 Å². The topological polar surface area (TPSA) is 55.9 Å². The quantitative estimate of drug-likeness (QED) is 0.379. The molecular weight excluding hydrogens is 408 g/mol. The fourth-order valence-electron chi connectivity index (χ4n) is 4.65. The molecule has 0 aliphatic heterocycles. The van der Waals surface area contributed by atoms with Gasteiger partial charge in [0.05, 0.1) is 24.9 Å². The summed E-state index contributed by atoms with van der Waals surface area (Å²) < 4.78 is 4.05. The van der Waals surface area contributed by atoms with Crippen LogP contribution < -0.4 is 0 Å². The zero-order valence-corrected chi connectivity index (χ0v) is 19.2. The first-order chi connectivity index (χ1) is 16.0. The maximum atomic E-state index is 11.1. The molecule has 1 atom stereocenters. The second-order valence-corrected chi connectivity index (χ2v) is 8.63. The van der Waals surface area contributed by atoms with Crippen LogP contribution in [0.4, 0.5) is 0 Å². The van der Waals surface area contributed by atoms with Gasteiger partial charge in [0.15, 0.2) is 0 Å². The van der Waals surface area contributed by atoms with Crippen LogP contribution in [-0.4, -0.2) is 30.5 Å². The lowest BCUT2D eigenvalue weighted by Gasteiger charge is -2.17. The molecule has 0 aliphatic rings. The summed E-state index contributed by atoms with van der Waals surface area (Å²) >= 11 is 0. The number of nitrogens with zero attached hydrogens (tertiary/aromatic N) is 4. The van der Waals surface area contributed by atoms with Gasteiger partial charge in [-0.3, -0.25) is 0 Å². The molecule has 5 rings (SSSR count). The van der Waals surface area contributed by atoms with Crippen molar-refractivity contribution in [3.05, 3.63) is 96.1 Å². The summed E-state index contributed by atoms with van der Waals surface area (Å²) in [5.74, 6) is 1.53. The number of aliphatic hydroxyl groups is 1. The van der Waals surface area contributed by atoms with Crippen LogP contribution in [0, 0.1) is 20.8 Å².